The summed E-state index contributed by atoms with van der Waals surface area (Å²) in [4.78, 5) is -0.162. The molecule has 1 N–H and O–H groups in total. The lowest BCUT2D eigenvalue weighted by molar-refractivity contribution is 0.409. The quantitative estimate of drug-likeness (QED) is 0.754. The second kappa shape index (κ2) is 7.22. The van der Waals surface area contributed by atoms with E-state index >= 15 is 0 Å². The van der Waals surface area contributed by atoms with Gasteiger partial charge in [-0.3, -0.25) is 0 Å². The summed E-state index contributed by atoms with van der Waals surface area (Å²) in [5.41, 5.74) is 0.648. The molecule has 130 valence electrons. The van der Waals surface area contributed by atoms with E-state index in [-0.39, 0.29) is 16.3 Å². The van der Waals surface area contributed by atoms with E-state index in [0.717, 1.165) is 16.8 Å². The lowest BCUT2D eigenvalue weighted by Gasteiger charge is -2.11. The van der Waals surface area contributed by atoms with Crippen LogP contribution in [0.3, 0.4) is 0 Å². The van der Waals surface area contributed by atoms with E-state index in [1.807, 2.05) is 0 Å². The molecular formula is C15H16BrNO5S2. The predicted octanol–water partition coefficient (Wildman–Crippen LogP) is 2.34. The maximum atomic E-state index is 12.4. The Morgan fingerprint density at radius 3 is 2.33 bits per heavy atom. The van der Waals surface area contributed by atoms with Gasteiger partial charge >= 0.3 is 0 Å². The lowest BCUT2D eigenvalue weighted by Crippen LogP contribution is -2.23. The molecule has 0 bridgehead atoms. The molecule has 0 radical (unpaired) electrons. The third-order valence-electron chi connectivity index (χ3n) is 3.24. The van der Waals surface area contributed by atoms with Crippen LogP contribution in [0.2, 0.25) is 0 Å². The topological polar surface area (TPSA) is 89.5 Å². The molecule has 0 aromatic heterocycles. The number of hydrogen-bond donors (Lipinski definition) is 1. The van der Waals surface area contributed by atoms with Crippen LogP contribution in [0.25, 0.3) is 0 Å². The van der Waals surface area contributed by atoms with Crippen LogP contribution in [0.15, 0.2) is 56.7 Å². The number of hydrogen-bond acceptors (Lipinski definition) is 5. The molecule has 2 rings (SSSR count). The Morgan fingerprint density at radius 1 is 1.04 bits per heavy atom. The van der Waals surface area contributed by atoms with Gasteiger partial charge in [0.25, 0.3) is 0 Å². The Bertz CT molecular complexity index is 956. The van der Waals surface area contributed by atoms with Gasteiger partial charge in [0.1, 0.15) is 5.75 Å². The van der Waals surface area contributed by atoms with Gasteiger partial charge in [-0.2, -0.15) is 0 Å². The summed E-state index contributed by atoms with van der Waals surface area (Å²) in [5.74, 6) is 0.547. The van der Waals surface area contributed by atoms with Crippen LogP contribution in [0.4, 0.5) is 0 Å². The van der Waals surface area contributed by atoms with Crippen LogP contribution < -0.4 is 9.46 Å². The summed E-state index contributed by atoms with van der Waals surface area (Å²) in [7, 11) is -5.85. The van der Waals surface area contributed by atoms with Gasteiger partial charge in [0.15, 0.2) is 9.84 Å². The summed E-state index contributed by atoms with van der Waals surface area (Å²) >= 11 is 3.32. The highest BCUT2D eigenvalue weighted by Crippen LogP contribution is 2.23. The molecule has 0 amide bonds. The Morgan fingerprint density at radius 2 is 1.71 bits per heavy atom. The highest BCUT2D eigenvalue weighted by Gasteiger charge is 2.17. The fraction of sp³-hybridized carbons (Fsp3) is 0.200. The summed E-state index contributed by atoms with van der Waals surface area (Å²) < 4.78 is 56.4. The molecule has 0 spiro atoms. The van der Waals surface area contributed by atoms with Crippen molar-refractivity contribution in [2.75, 3.05) is 13.4 Å². The van der Waals surface area contributed by atoms with E-state index in [4.69, 9.17) is 4.74 Å². The van der Waals surface area contributed by atoms with Crippen molar-refractivity contribution in [2.24, 2.45) is 0 Å². The standard InChI is InChI=1S/C15H16BrNO5S2/c1-22-15-7-6-12(16)8-11(15)10-17-24(20,21)14-5-3-4-13(9-14)23(2,18)19/h3-9,17H,10H2,1-2H3. The van der Waals surface area contributed by atoms with Crippen molar-refractivity contribution in [3.05, 3.63) is 52.5 Å². The van der Waals surface area contributed by atoms with Gasteiger partial charge in [-0.25, -0.2) is 21.6 Å². The largest absolute Gasteiger partial charge is 0.496 e. The monoisotopic (exact) mass is 433 g/mol. The van der Waals surface area contributed by atoms with Crippen LogP contribution in [-0.4, -0.2) is 30.2 Å². The average molecular weight is 434 g/mol. The smallest absolute Gasteiger partial charge is 0.240 e. The number of nitrogens with one attached hydrogen (secondary N) is 1. The molecule has 0 aliphatic rings. The summed E-state index contributed by atoms with van der Waals surface area (Å²) in [6.07, 6.45) is 1.03. The number of halogens is 1. The minimum absolute atomic E-state index is 0.00799. The Labute approximate surface area is 150 Å². The molecular weight excluding hydrogens is 418 g/mol. The molecule has 0 atom stereocenters. The molecule has 0 unspecified atom stereocenters. The third kappa shape index (κ3) is 4.56. The maximum absolute atomic E-state index is 12.4. The molecule has 2 aromatic rings. The van der Waals surface area contributed by atoms with Gasteiger partial charge in [0.2, 0.25) is 10.0 Å². The average Bonchev–Trinajstić information content (AvgIpc) is 2.52. The number of rotatable bonds is 6. The number of benzene rings is 2. The van der Waals surface area contributed by atoms with Gasteiger partial charge in [0, 0.05) is 22.8 Å². The molecule has 24 heavy (non-hydrogen) atoms. The van der Waals surface area contributed by atoms with Crippen LogP contribution in [0, 0.1) is 0 Å². The molecule has 6 nitrogen and oxygen atoms in total. The van der Waals surface area contributed by atoms with Crippen LogP contribution >= 0.6 is 15.9 Å². The van der Waals surface area contributed by atoms with E-state index in [2.05, 4.69) is 20.7 Å². The van der Waals surface area contributed by atoms with Gasteiger partial charge in [0.05, 0.1) is 16.9 Å². The highest BCUT2D eigenvalue weighted by atomic mass is 79.9. The van der Waals surface area contributed by atoms with Gasteiger partial charge in [-0.15, -0.1) is 0 Å². The maximum Gasteiger partial charge on any atom is 0.240 e. The van der Waals surface area contributed by atoms with Crippen LogP contribution in [0.1, 0.15) is 5.56 Å². The lowest BCUT2D eigenvalue weighted by atomic mass is 10.2. The summed E-state index contributed by atoms with van der Waals surface area (Å²) in [6.45, 7) is 0.00799. The zero-order valence-corrected chi connectivity index (χ0v) is 16.2. The molecule has 0 aliphatic heterocycles. The molecule has 0 saturated carbocycles. The first kappa shape index (κ1) is 18.9. The Hall–Kier alpha value is -1.42. The normalized spacial score (nSPS) is 12.1. The van der Waals surface area contributed by atoms with Crippen molar-refractivity contribution in [1.82, 2.24) is 4.72 Å². The minimum atomic E-state index is -3.86. The number of sulfone groups is 1. The van der Waals surface area contributed by atoms with Crippen LogP contribution in [-0.2, 0) is 26.4 Å². The SMILES string of the molecule is COc1ccc(Br)cc1CNS(=O)(=O)c1cccc(S(C)(=O)=O)c1. The van der Waals surface area contributed by atoms with E-state index in [1.54, 1.807) is 18.2 Å². The molecule has 0 aliphatic carbocycles. The zero-order chi connectivity index (χ0) is 18.0. The Balaban J connectivity index is 2.28. The second-order valence-corrected chi connectivity index (χ2v) is 9.73. The highest BCUT2D eigenvalue weighted by molar-refractivity contribution is 9.10. The van der Waals surface area contributed by atoms with Crippen molar-refractivity contribution < 1.29 is 21.6 Å². The van der Waals surface area contributed by atoms with Crippen molar-refractivity contribution in [3.8, 4) is 5.75 Å². The first-order valence-electron chi connectivity index (χ1n) is 6.76. The van der Waals surface area contributed by atoms with Crippen LogP contribution in [0.5, 0.6) is 5.75 Å². The summed E-state index contributed by atoms with van der Waals surface area (Å²) in [6, 6.07) is 10.5. The Kier molecular flexibility index (Phi) is 5.69. The first-order valence-corrected chi connectivity index (χ1v) is 10.9. The predicted molar refractivity (Wildman–Crippen MR) is 94.3 cm³/mol. The van der Waals surface area contributed by atoms with Crippen molar-refractivity contribution in [2.45, 2.75) is 16.3 Å². The van der Waals surface area contributed by atoms with E-state index in [9.17, 15) is 16.8 Å². The fourth-order valence-electron chi connectivity index (χ4n) is 2.01. The van der Waals surface area contributed by atoms with E-state index in [1.165, 1.54) is 25.3 Å². The molecule has 0 fully saturated rings. The van der Waals surface area contributed by atoms with Gasteiger partial charge in [-0.05, 0) is 36.4 Å². The van der Waals surface area contributed by atoms with E-state index in [0.29, 0.717) is 11.3 Å². The number of sulfonamides is 1. The van der Waals surface area contributed by atoms with E-state index < -0.39 is 19.9 Å². The second-order valence-electron chi connectivity index (χ2n) is 5.03. The number of ether oxygens (including phenoxy) is 1. The first-order chi connectivity index (χ1) is 11.1. The minimum Gasteiger partial charge on any atom is -0.496 e. The fourth-order valence-corrected chi connectivity index (χ4v) is 4.22. The summed E-state index contributed by atoms with van der Waals surface area (Å²) in [5, 5.41) is 0. The van der Waals surface area contributed by atoms with Crippen molar-refractivity contribution in [3.63, 3.8) is 0 Å². The molecule has 2 aromatic carbocycles. The molecule has 0 heterocycles. The third-order valence-corrected chi connectivity index (χ3v) is 6.24. The van der Waals surface area contributed by atoms with Crippen molar-refractivity contribution in [1.29, 1.82) is 0 Å². The zero-order valence-electron chi connectivity index (χ0n) is 13.0. The van der Waals surface area contributed by atoms with Crippen molar-refractivity contribution >= 4 is 35.8 Å². The molecule has 0 saturated heterocycles. The van der Waals surface area contributed by atoms with Gasteiger partial charge in [-0.1, -0.05) is 22.0 Å². The number of methoxy groups -OCH3 is 1. The molecule has 9 heteroatoms. The van der Waals surface area contributed by atoms with Gasteiger partial charge < -0.3 is 4.74 Å².